The molecule has 0 aliphatic heterocycles. The standard InChI is InChI=1S/C15H18N4O2/c1-10(12-6-4-3-5-7-12)16-18-14(20)9-8-13-11(2)17-19-15(13)21/h3-7H,8-9H2,1-2H3,(H,18,20)(H2,17,19,21)/b16-10+. The lowest BCUT2D eigenvalue weighted by molar-refractivity contribution is -0.121. The Labute approximate surface area is 122 Å². The average Bonchev–Trinajstić information content (AvgIpc) is 2.82. The second kappa shape index (κ2) is 6.69. The minimum atomic E-state index is -0.217. The van der Waals surface area contributed by atoms with Gasteiger partial charge >= 0.3 is 0 Å². The molecule has 110 valence electrons. The molecule has 0 bridgehead atoms. The normalized spacial score (nSPS) is 11.4. The average molecular weight is 286 g/mol. The third-order valence-electron chi connectivity index (χ3n) is 3.23. The maximum atomic E-state index is 11.8. The third kappa shape index (κ3) is 3.92. The molecule has 0 spiro atoms. The van der Waals surface area contributed by atoms with E-state index < -0.39 is 0 Å². The van der Waals surface area contributed by atoms with Gasteiger partial charge in [-0.05, 0) is 25.8 Å². The summed E-state index contributed by atoms with van der Waals surface area (Å²) in [4.78, 5) is 23.2. The molecule has 0 aliphatic carbocycles. The molecular formula is C15H18N4O2. The van der Waals surface area contributed by atoms with Crippen LogP contribution in [0.4, 0.5) is 0 Å². The number of hydrazone groups is 1. The number of benzene rings is 1. The van der Waals surface area contributed by atoms with E-state index in [1.165, 1.54) is 0 Å². The van der Waals surface area contributed by atoms with E-state index >= 15 is 0 Å². The zero-order chi connectivity index (χ0) is 15.2. The Morgan fingerprint density at radius 2 is 1.95 bits per heavy atom. The van der Waals surface area contributed by atoms with E-state index in [0.29, 0.717) is 12.0 Å². The molecule has 2 aromatic rings. The molecule has 3 N–H and O–H groups in total. The zero-order valence-corrected chi connectivity index (χ0v) is 12.1. The quantitative estimate of drug-likeness (QED) is 0.574. The van der Waals surface area contributed by atoms with Gasteiger partial charge in [-0.25, -0.2) is 5.43 Å². The van der Waals surface area contributed by atoms with Gasteiger partial charge in [-0.15, -0.1) is 0 Å². The molecule has 0 saturated heterocycles. The van der Waals surface area contributed by atoms with Crippen molar-refractivity contribution in [1.29, 1.82) is 0 Å². The number of amides is 1. The van der Waals surface area contributed by atoms with Crippen molar-refractivity contribution in [2.75, 3.05) is 0 Å². The summed E-state index contributed by atoms with van der Waals surface area (Å²) in [6, 6.07) is 9.60. The number of nitrogens with one attached hydrogen (secondary N) is 3. The molecule has 6 nitrogen and oxygen atoms in total. The van der Waals surface area contributed by atoms with Gasteiger partial charge < -0.3 is 5.10 Å². The molecule has 0 atom stereocenters. The molecule has 1 amide bonds. The molecule has 1 heterocycles. The number of hydrogen-bond donors (Lipinski definition) is 3. The van der Waals surface area contributed by atoms with E-state index in [9.17, 15) is 9.59 Å². The maximum Gasteiger partial charge on any atom is 0.267 e. The van der Waals surface area contributed by atoms with Crippen LogP contribution in [-0.2, 0) is 11.2 Å². The van der Waals surface area contributed by atoms with E-state index in [1.807, 2.05) is 37.3 Å². The highest BCUT2D eigenvalue weighted by atomic mass is 16.2. The number of aryl methyl sites for hydroxylation is 1. The minimum absolute atomic E-state index is 0.177. The van der Waals surface area contributed by atoms with Crippen molar-refractivity contribution < 1.29 is 4.79 Å². The van der Waals surface area contributed by atoms with Crippen LogP contribution in [0.3, 0.4) is 0 Å². The van der Waals surface area contributed by atoms with Crippen LogP contribution in [0.5, 0.6) is 0 Å². The van der Waals surface area contributed by atoms with Gasteiger partial charge in [0.05, 0.1) is 5.71 Å². The summed E-state index contributed by atoms with van der Waals surface area (Å²) < 4.78 is 0. The summed E-state index contributed by atoms with van der Waals surface area (Å²) in [6.07, 6.45) is 0.601. The summed E-state index contributed by atoms with van der Waals surface area (Å²) in [6.45, 7) is 3.62. The molecule has 0 saturated carbocycles. The fraction of sp³-hybridized carbons (Fsp3) is 0.267. The van der Waals surface area contributed by atoms with Crippen molar-refractivity contribution in [1.82, 2.24) is 15.6 Å². The van der Waals surface area contributed by atoms with Gasteiger partial charge in [0.25, 0.3) is 5.56 Å². The summed E-state index contributed by atoms with van der Waals surface area (Å²) in [5.74, 6) is -0.217. The number of nitrogens with zero attached hydrogens (tertiary/aromatic N) is 1. The lowest BCUT2D eigenvalue weighted by atomic mass is 10.1. The minimum Gasteiger partial charge on any atom is -0.302 e. The summed E-state index contributed by atoms with van der Waals surface area (Å²) in [5, 5.41) is 9.29. The molecule has 0 fully saturated rings. The van der Waals surface area contributed by atoms with E-state index in [4.69, 9.17) is 0 Å². The summed E-state index contributed by atoms with van der Waals surface area (Å²) in [5.41, 5.74) is 5.39. The number of H-pyrrole nitrogens is 2. The van der Waals surface area contributed by atoms with Crippen molar-refractivity contribution in [2.24, 2.45) is 5.10 Å². The molecule has 0 radical (unpaired) electrons. The molecule has 1 aromatic carbocycles. The molecule has 6 heteroatoms. The van der Waals surface area contributed by atoms with Crippen LogP contribution in [0.2, 0.25) is 0 Å². The van der Waals surface area contributed by atoms with Crippen LogP contribution < -0.4 is 11.0 Å². The van der Waals surface area contributed by atoms with Gasteiger partial charge in [0.1, 0.15) is 0 Å². The molecule has 2 rings (SSSR count). The van der Waals surface area contributed by atoms with E-state index in [1.54, 1.807) is 6.92 Å². The van der Waals surface area contributed by atoms with Crippen molar-refractivity contribution in [2.45, 2.75) is 26.7 Å². The van der Waals surface area contributed by atoms with Crippen molar-refractivity contribution in [3.05, 3.63) is 57.5 Å². The number of hydrogen-bond acceptors (Lipinski definition) is 3. The zero-order valence-electron chi connectivity index (χ0n) is 12.1. The van der Waals surface area contributed by atoms with Gasteiger partial charge in [-0.1, -0.05) is 30.3 Å². The van der Waals surface area contributed by atoms with Gasteiger partial charge in [-0.2, -0.15) is 5.10 Å². The number of carbonyl (C=O) groups is 1. The predicted molar refractivity (Wildman–Crippen MR) is 81.3 cm³/mol. The van der Waals surface area contributed by atoms with Crippen LogP contribution >= 0.6 is 0 Å². The number of carbonyl (C=O) groups excluding carboxylic acids is 1. The second-order valence-corrected chi connectivity index (χ2v) is 4.78. The Kier molecular flexibility index (Phi) is 4.71. The largest absolute Gasteiger partial charge is 0.302 e. The van der Waals surface area contributed by atoms with Gasteiger partial charge in [-0.3, -0.25) is 14.7 Å². The Morgan fingerprint density at radius 1 is 1.24 bits per heavy atom. The van der Waals surface area contributed by atoms with Crippen molar-refractivity contribution in [3.63, 3.8) is 0 Å². The van der Waals surface area contributed by atoms with Crippen LogP contribution in [-0.4, -0.2) is 21.8 Å². The molecule has 0 unspecified atom stereocenters. The van der Waals surface area contributed by atoms with E-state index in [0.717, 1.165) is 17.0 Å². The van der Waals surface area contributed by atoms with Gasteiger partial charge in [0, 0.05) is 17.7 Å². The first-order valence-electron chi connectivity index (χ1n) is 6.72. The van der Waals surface area contributed by atoms with Gasteiger partial charge in [0.2, 0.25) is 5.91 Å². The molecule has 1 aromatic heterocycles. The SMILES string of the molecule is C/C(=N\NC(=O)CCc1c(C)[nH][nH]c1=O)c1ccccc1. The smallest absolute Gasteiger partial charge is 0.267 e. The Morgan fingerprint density at radius 3 is 2.57 bits per heavy atom. The van der Waals surface area contributed by atoms with Crippen LogP contribution in [0.15, 0.2) is 40.2 Å². The first-order chi connectivity index (χ1) is 10.1. The molecule has 0 aliphatic rings. The summed E-state index contributed by atoms with van der Waals surface area (Å²) >= 11 is 0. The van der Waals surface area contributed by atoms with Crippen molar-refractivity contribution in [3.8, 4) is 0 Å². The van der Waals surface area contributed by atoms with Crippen LogP contribution in [0.25, 0.3) is 0 Å². The number of rotatable bonds is 5. The first-order valence-corrected chi connectivity index (χ1v) is 6.72. The topological polar surface area (TPSA) is 90.1 Å². The Balaban J connectivity index is 1.89. The third-order valence-corrected chi connectivity index (χ3v) is 3.23. The molecule has 21 heavy (non-hydrogen) atoms. The number of aromatic nitrogens is 2. The Hall–Kier alpha value is -2.63. The highest BCUT2D eigenvalue weighted by Crippen LogP contribution is 2.02. The fourth-order valence-corrected chi connectivity index (χ4v) is 1.96. The fourth-order valence-electron chi connectivity index (χ4n) is 1.96. The van der Waals surface area contributed by atoms with E-state index in [-0.39, 0.29) is 17.9 Å². The van der Waals surface area contributed by atoms with Crippen LogP contribution in [0, 0.1) is 6.92 Å². The lowest BCUT2D eigenvalue weighted by Crippen LogP contribution is -2.20. The Bertz CT molecular complexity index is 698. The monoisotopic (exact) mass is 286 g/mol. The lowest BCUT2D eigenvalue weighted by Gasteiger charge is -2.02. The van der Waals surface area contributed by atoms with E-state index in [2.05, 4.69) is 20.7 Å². The second-order valence-electron chi connectivity index (χ2n) is 4.78. The predicted octanol–water partition coefficient (Wildman–Crippen LogP) is 1.48. The van der Waals surface area contributed by atoms with Crippen molar-refractivity contribution >= 4 is 11.6 Å². The first kappa shape index (κ1) is 14.8. The summed E-state index contributed by atoms with van der Waals surface area (Å²) in [7, 11) is 0. The number of aromatic amines is 2. The highest BCUT2D eigenvalue weighted by molar-refractivity contribution is 5.99. The van der Waals surface area contributed by atoms with Gasteiger partial charge in [0.15, 0.2) is 0 Å². The maximum absolute atomic E-state index is 11.8. The molecular weight excluding hydrogens is 268 g/mol. The highest BCUT2D eigenvalue weighted by Gasteiger charge is 2.08. The van der Waals surface area contributed by atoms with Crippen LogP contribution in [0.1, 0.15) is 30.2 Å².